The van der Waals surface area contributed by atoms with Gasteiger partial charge >= 0.3 is 5.97 Å². The van der Waals surface area contributed by atoms with E-state index < -0.39 is 5.97 Å². The summed E-state index contributed by atoms with van der Waals surface area (Å²) in [7, 11) is 3.10. The van der Waals surface area contributed by atoms with Gasteiger partial charge in [-0.25, -0.2) is 4.79 Å². The second-order valence-electron chi connectivity index (χ2n) is 5.99. The molecule has 0 atom stereocenters. The normalized spacial score (nSPS) is 10.5. The molecule has 5 nitrogen and oxygen atoms in total. The summed E-state index contributed by atoms with van der Waals surface area (Å²) in [6, 6.07) is 16.2. The summed E-state index contributed by atoms with van der Waals surface area (Å²) in [5.74, 6) is 0.306. The number of benzene rings is 3. The highest BCUT2D eigenvalue weighted by atomic mass is 32.2. The minimum Gasteiger partial charge on any atom is -0.497 e. The molecule has 0 radical (unpaired) electrons. The van der Waals surface area contributed by atoms with E-state index in [0.717, 1.165) is 21.4 Å². The molecule has 0 saturated heterocycles. The Balaban J connectivity index is 1.71. The van der Waals surface area contributed by atoms with Crippen LogP contribution in [0.1, 0.15) is 20.7 Å². The number of hydrogen-bond acceptors (Lipinski definition) is 6. The molecule has 0 aliphatic carbocycles. The molecule has 3 aromatic rings. The molecule has 0 N–H and O–H groups in total. The quantitative estimate of drug-likeness (QED) is 0.330. The van der Waals surface area contributed by atoms with Crippen LogP contribution >= 0.6 is 11.8 Å². The van der Waals surface area contributed by atoms with Crippen molar-refractivity contribution in [2.24, 2.45) is 0 Å². The first-order valence-corrected chi connectivity index (χ1v) is 9.78. The summed E-state index contributed by atoms with van der Waals surface area (Å²) in [6.45, 7) is -0.339. The van der Waals surface area contributed by atoms with Crippen LogP contribution in [0.5, 0.6) is 11.5 Å². The zero-order valence-electron chi connectivity index (χ0n) is 15.9. The Morgan fingerprint density at radius 2 is 1.64 bits per heavy atom. The fourth-order valence-corrected chi connectivity index (χ4v) is 3.21. The van der Waals surface area contributed by atoms with Crippen LogP contribution < -0.4 is 9.47 Å². The van der Waals surface area contributed by atoms with Gasteiger partial charge in [-0.2, -0.15) is 0 Å². The summed E-state index contributed by atoms with van der Waals surface area (Å²) >= 11 is 1.54. The number of rotatable bonds is 7. The Morgan fingerprint density at radius 3 is 2.36 bits per heavy atom. The van der Waals surface area contributed by atoms with Crippen LogP contribution in [-0.4, -0.2) is 38.8 Å². The molecule has 3 aromatic carbocycles. The fraction of sp³-hybridized carbons (Fsp3) is 0.182. The number of hydrogen-bond donors (Lipinski definition) is 0. The van der Waals surface area contributed by atoms with E-state index in [4.69, 9.17) is 14.2 Å². The summed E-state index contributed by atoms with van der Waals surface area (Å²) in [4.78, 5) is 25.8. The molecule has 0 bridgehead atoms. The summed E-state index contributed by atoms with van der Waals surface area (Å²) in [6.07, 6.45) is 1.94. The van der Waals surface area contributed by atoms with Gasteiger partial charge in [0.05, 0.1) is 14.2 Å². The van der Waals surface area contributed by atoms with E-state index in [2.05, 4.69) is 0 Å². The first-order chi connectivity index (χ1) is 13.5. The van der Waals surface area contributed by atoms with E-state index in [1.54, 1.807) is 43.1 Å². The van der Waals surface area contributed by atoms with Crippen molar-refractivity contribution >= 4 is 34.3 Å². The minimum absolute atomic E-state index is 0.272. The first-order valence-electron chi connectivity index (χ1n) is 8.56. The van der Waals surface area contributed by atoms with Crippen molar-refractivity contribution in [2.45, 2.75) is 4.90 Å². The van der Waals surface area contributed by atoms with Gasteiger partial charge in [0.25, 0.3) is 0 Å². The summed E-state index contributed by atoms with van der Waals surface area (Å²) in [5, 5.41) is 1.87. The van der Waals surface area contributed by atoms with Gasteiger partial charge in [-0.15, -0.1) is 11.8 Å². The molecule has 0 spiro atoms. The topological polar surface area (TPSA) is 61.8 Å². The van der Waals surface area contributed by atoms with Crippen molar-refractivity contribution < 1.29 is 23.8 Å². The molecule has 144 valence electrons. The fourth-order valence-electron chi connectivity index (χ4n) is 2.78. The lowest BCUT2D eigenvalue weighted by Crippen LogP contribution is -2.15. The molecular weight excluding hydrogens is 376 g/mol. The van der Waals surface area contributed by atoms with Gasteiger partial charge in [-0.1, -0.05) is 18.2 Å². The predicted octanol–water partition coefficient (Wildman–Crippen LogP) is 4.62. The van der Waals surface area contributed by atoms with Crippen LogP contribution in [0.25, 0.3) is 10.8 Å². The van der Waals surface area contributed by atoms with Gasteiger partial charge < -0.3 is 14.2 Å². The molecule has 0 unspecified atom stereocenters. The predicted molar refractivity (Wildman–Crippen MR) is 110 cm³/mol. The van der Waals surface area contributed by atoms with Crippen LogP contribution in [0.3, 0.4) is 0 Å². The van der Waals surface area contributed by atoms with E-state index in [1.807, 2.05) is 36.6 Å². The third kappa shape index (κ3) is 4.28. The molecule has 0 aliphatic heterocycles. The molecular formula is C22H20O5S. The number of ether oxygens (including phenoxy) is 3. The Bertz CT molecular complexity index is 1030. The number of Topliss-reactive ketones (excluding diaryl/α,β-unsaturated/α-hetero) is 1. The molecule has 0 fully saturated rings. The van der Waals surface area contributed by atoms with Crippen molar-refractivity contribution in [1.29, 1.82) is 0 Å². The highest BCUT2D eigenvalue weighted by Crippen LogP contribution is 2.26. The average Bonchev–Trinajstić information content (AvgIpc) is 2.75. The van der Waals surface area contributed by atoms with E-state index >= 15 is 0 Å². The van der Waals surface area contributed by atoms with E-state index in [1.165, 1.54) is 7.11 Å². The highest BCUT2D eigenvalue weighted by Gasteiger charge is 2.17. The zero-order chi connectivity index (χ0) is 20.1. The van der Waals surface area contributed by atoms with Crippen molar-refractivity contribution in [3.8, 4) is 11.5 Å². The molecule has 6 heteroatoms. The van der Waals surface area contributed by atoms with Gasteiger partial charge in [0, 0.05) is 10.5 Å². The van der Waals surface area contributed by atoms with Crippen LogP contribution in [0.4, 0.5) is 0 Å². The number of carbonyl (C=O) groups is 2. The van der Waals surface area contributed by atoms with Crippen molar-refractivity contribution in [3.05, 3.63) is 65.7 Å². The Labute approximate surface area is 167 Å². The van der Waals surface area contributed by atoms with Crippen molar-refractivity contribution in [1.82, 2.24) is 0 Å². The first kappa shape index (κ1) is 19.8. The van der Waals surface area contributed by atoms with Gasteiger partial charge in [0.2, 0.25) is 0 Å². The molecule has 0 aromatic heterocycles. The van der Waals surface area contributed by atoms with Crippen LogP contribution in [0.15, 0.2) is 59.5 Å². The van der Waals surface area contributed by atoms with E-state index in [0.29, 0.717) is 16.9 Å². The maximum absolute atomic E-state index is 12.5. The maximum Gasteiger partial charge on any atom is 0.342 e. The lowest BCUT2D eigenvalue weighted by atomic mass is 10.0. The molecule has 3 rings (SSSR count). The molecule has 0 heterocycles. The zero-order valence-corrected chi connectivity index (χ0v) is 16.7. The molecule has 0 amide bonds. The summed E-state index contributed by atoms with van der Waals surface area (Å²) < 4.78 is 15.7. The number of thioether (sulfide) groups is 1. The maximum atomic E-state index is 12.5. The molecule has 0 aliphatic rings. The highest BCUT2D eigenvalue weighted by molar-refractivity contribution is 7.98. The number of fused-ring (bicyclic) bond motifs is 1. The van der Waals surface area contributed by atoms with Crippen molar-refractivity contribution in [3.63, 3.8) is 0 Å². The minimum atomic E-state index is -0.594. The van der Waals surface area contributed by atoms with Crippen LogP contribution in [-0.2, 0) is 4.74 Å². The number of methoxy groups -OCH3 is 2. The van der Waals surface area contributed by atoms with E-state index in [9.17, 15) is 9.59 Å². The van der Waals surface area contributed by atoms with Crippen molar-refractivity contribution in [2.75, 3.05) is 27.1 Å². The Kier molecular flexibility index (Phi) is 6.21. The third-order valence-corrected chi connectivity index (χ3v) is 5.06. The lowest BCUT2D eigenvalue weighted by Gasteiger charge is -2.10. The Hall–Kier alpha value is -2.99. The van der Waals surface area contributed by atoms with Crippen LogP contribution in [0, 0.1) is 0 Å². The number of ketones is 1. The standard InChI is InChI=1S/C22H20O5S/c1-25-17-7-6-14-10-16(5-4-15(14)11-17)20(23)13-27-22(24)19-9-8-18(28-3)12-21(19)26-2/h4-12H,13H2,1-3H3. The van der Waals surface area contributed by atoms with Gasteiger partial charge in [0.15, 0.2) is 12.4 Å². The van der Waals surface area contributed by atoms with Gasteiger partial charge in [0.1, 0.15) is 17.1 Å². The second kappa shape index (κ2) is 8.80. The number of esters is 1. The van der Waals surface area contributed by atoms with Crippen LogP contribution in [0.2, 0.25) is 0 Å². The monoisotopic (exact) mass is 396 g/mol. The van der Waals surface area contributed by atoms with E-state index in [-0.39, 0.29) is 12.4 Å². The molecule has 28 heavy (non-hydrogen) atoms. The third-order valence-electron chi connectivity index (χ3n) is 4.33. The molecule has 0 saturated carbocycles. The lowest BCUT2D eigenvalue weighted by molar-refractivity contribution is 0.0471. The Morgan fingerprint density at radius 1 is 0.893 bits per heavy atom. The van der Waals surface area contributed by atoms with Gasteiger partial charge in [-0.3, -0.25) is 4.79 Å². The average molecular weight is 396 g/mol. The number of carbonyl (C=O) groups excluding carboxylic acids is 2. The second-order valence-corrected chi connectivity index (χ2v) is 6.87. The smallest absolute Gasteiger partial charge is 0.342 e. The summed E-state index contributed by atoms with van der Waals surface area (Å²) in [5.41, 5.74) is 0.772. The SMILES string of the molecule is COc1ccc2cc(C(=O)COC(=O)c3ccc(SC)cc3OC)ccc2c1. The van der Waals surface area contributed by atoms with Gasteiger partial charge in [-0.05, 0) is 53.4 Å². The largest absolute Gasteiger partial charge is 0.497 e.